The number of aromatic nitrogens is 2. The molecule has 4 rings (SSSR count). The highest BCUT2D eigenvalue weighted by molar-refractivity contribution is 5.81. The standard InChI is InChI=1S/C25H28N4O4/c1-15-12-18(6-9-23(15)30)22-13-21(27-25(32)28-22)17-4-7-20(8-5-17)33-16(2)24(31)26-19-10-11-29(3)14-19/h4-9,12-13,16,19,30H,10-11,14H2,1-3H3,(H,26,31)(H,27,28,32). The van der Waals surface area contributed by atoms with Crippen molar-refractivity contribution in [3.8, 4) is 34.0 Å². The number of amides is 1. The fourth-order valence-electron chi connectivity index (χ4n) is 3.92. The van der Waals surface area contributed by atoms with Crippen LogP contribution in [0.3, 0.4) is 0 Å². The van der Waals surface area contributed by atoms with E-state index < -0.39 is 11.8 Å². The van der Waals surface area contributed by atoms with E-state index in [1.54, 1.807) is 50.2 Å². The van der Waals surface area contributed by atoms with Gasteiger partial charge in [-0.05, 0) is 93.5 Å². The number of aromatic hydroxyl groups is 1. The maximum absolute atomic E-state index is 12.4. The second-order valence-electron chi connectivity index (χ2n) is 8.53. The average Bonchev–Trinajstić information content (AvgIpc) is 3.20. The van der Waals surface area contributed by atoms with E-state index in [-0.39, 0.29) is 17.7 Å². The summed E-state index contributed by atoms with van der Waals surface area (Å²) in [4.78, 5) is 33.6. The molecule has 8 heteroatoms. The van der Waals surface area contributed by atoms with Crippen molar-refractivity contribution in [2.45, 2.75) is 32.4 Å². The number of aromatic amines is 1. The van der Waals surface area contributed by atoms with Gasteiger partial charge >= 0.3 is 5.69 Å². The highest BCUT2D eigenvalue weighted by Gasteiger charge is 2.24. The zero-order chi connectivity index (χ0) is 23.5. The Hall–Kier alpha value is -3.65. The number of H-pyrrole nitrogens is 1. The highest BCUT2D eigenvalue weighted by atomic mass is 16.5. The molecular weight excluding hydrogens is 420 g/mol. The van der Waals surface area contributed by atoms with Crippen molar-refractivity contribution in [3.05, 3.63) is 64.6 Å². The van der Waals surface area contributed by atoms with Crippen molar-refractivity contribution in [3.63, 3.8) is 0 Å². The lowest BCUT2D eigenvalue weighted by molar-refractivity contribution is -0.127. The van der Waals surface area contributed by atoms with Gasteiger partial charge < -0.3 is 25.0 Å². The van der Waals surface area contributed by atoms with Gasteiger partial charge in [-0.25, -0.2) is 4.79 Å². The van der Waals surface area contributed by atoms with Crippen molar-refractivity contribution in [2.75, 3.05) is 20.1 Å². The number of carbonyl (C=O) groups is 1. The van der Waals surface area contributed by atoms with Crippen LogP contribution in [0.5, 0.6) is 11.5 Å². The number of likely N-dealkylation sites (tertiary alicyclic amines) is 1. The summed E-state index contributed by atoms with van der Waals surface area (Å²) in [5, 5.41) is 12.8. The molecule has 33 heavy (non-hydrogen) atoms. The lowest BCUT2D eigenvalue weighted by atomic mass is 10.1. The SMILES string of the molecule is Cc1cc(-c2cc(-c3ccc(OC(C)C(=O)NC4CCN(C)C4)cc3)[nH]c(=O)n2)ccc1O. The molecule has 3 N–H and O–H groups in total. The Kier molecular flexibility index (Phi) is 6.46. The Morgan fingerprint density at radius 3 is 2.61 bits per heavy atom. The largest absolute Gasteiger partial charge is 0.508 e. The molecule has 2 aromatic carbocycles. The van der Waals surface area contributed by atoms with E-state index in [1.807, 2.05) is 19.2 Å². The molecule has 1 fully saturated rings. The van der Waals surface area contributed by atoms with Crippen LogP contribution in [0.15, 0.2) is 53.3 Å². The highest BCUT2D eigenvalue weighted by Crippen LogP contribution is 2.27. The summed E-state index contributed by atoms with van der Waals surface area (Å²) < 4.78 is 5.81. The Labute approximate surface area is 192 Å². The minimum atomic E-state index is -0.619. The number of aryl methyl sites for hydroxylation is 1. The third kappa shape index (κ3) is 5.40. The van der Waals surface area contributed by atoms with Gasteiger partial charge in [0.15, 0.2) is 6.10 Å². The molecule has 2 heterocycles. The van der Waals surface area contributed by atoms with Gasteiger partial charge in [0.25, 0.3) is 5.91 Å². The minimum Gasteiger partial charge on any atom is -0.508 e. The molecule has 0 bridgehead atoms. The molecule has 172 valence electrons. The topological polar surface area (TPSA) is 108 Å². The monoisotopic (exact) mass is 448 g/mol. The summed E-state index contributed by atoms with van der Waals surface area (Å²) in [5.74, 6) is 0.625. The van der Waals surface area contributed by atoms with Gasteiger partial charge in [0.1, 0.15) is 11.5 Å². The lowest BCUT2D eigenvalue weighted by Gasteiger charge is -2.18. The van der Waals surface area contributed by atoms with E-state index in [0.29, 0.717) is 22.7 Å². The summed E-state index contributed by atoms with van der Waals surface area (Å²) in [6.45, 7) is 5.35. The molecule has 8 nitrogen and oxygen atoms in total. The number of carbonyl (C=O) groups excluding carboxylic acids is 1. The molecule has 0 radical (unpaired) electrons. The zero-order valence-electron chi connectivity index (χ0n) is 19.0. The van der Waals surface area contributed by atoms with Gasteiger partial charge in [-0.2, -0.15) is 4.98 Å². The number of likely N-dealkylation sites (N-methyl/N-ethyl adjacent to an activating group) is 1. The fraction of sp³-hybridized carbons (Fsp3) is 0.320. The van der Waals surface area contributed by atoms with Crippen LogP contribution in [0.2, 0.25) is 0 Å². The first-order chi connectivity index (χ1) is 15.8. The maximum atomic E-state index is 12.4. The van der Waals surface area contributed by atoms with Gasteiger partial charge in [0.2, 0.25) is 0 Å². The van der Waals surface area contributed by atoms with E-state index in [1.165, 1.54) is 0 Å². The number of hydrogen-bond acceptors (Lipinski definition) is 6. The molecular formula is C25H28N4O4. The van der Waals surface area contributed by atoms with E-state index in [9.17, 15) is 14.7 Å². The quantitative estimate of drug-likeness (QED) is 0.535. The Balaban J connectivity index is 1.46. The zero-order valence-corrected chi connectivity index (χ0v) is 19.0. The van der Waals surface area contributed by atoms with Crippen LogP contribution in [-0.2, 0) is 4.79 Å². The second kappa shape index (κ2) is 9.46. The summed E-state index contributed by atoms with van der Waals surface area (Å²) >= 11 is 0. The van der Waals surface area contributed by atoms with Crippen LogP contribution >= 0.6 is 0 Å². The molecule has 1 amide bonds. The summed E-state index contributed by atoms with van der Waals surface area (Å²) in [6, 6.07) is 14.2. The predicted molar refractivity (Wildman–Crippen MR) is 126 cm³/mol. The molecule has 1 aliphatic rings. The molecule has 0 spiro atoms. The van der Waals surface area contributed by atoms with E-state index >= 15 is 0 Å². The maximum Gasteiger partial charge on any atom is 0.345 e. The molecule has 1 saturated heterocycles. The van der Waals surface area contributed by atoms with Gasteiger partial charge in [-0.15, -0.1) is 0 Å². The van der Waals surface area contributed by atoms with Crippen LogP contribution < -0.4 is 15.7 Å². The summed E-state index contributed by atoms with van der Waals surface area (Å²) in [7, 11) is 2.04. The van der Waals surface area contributed by atoms with Crippen molar-refractivity contribution in [2.24, 2.45) is 0 Å². The number of phenolic OH excluding ortho intramolecular Hbond substituents is 1. The molecule has 1 aromatic heterocycles. The lowest BCUT2D eigenvalue weighted by Crippen LogP contribution is -2.43. The molecule has 2 atom stereocenters. The third-order valence-electron chi connectivity index (χ3n) is 5.82. The summed E-state index contributed by atoms with van der Waals surface area (Å²) in [5.41, 5.74) is 2.89. The van der Waals surface area contributed by atoms with E-state index in [2.05, 4.69) is 20.2 Å². The molecule has 0 saturated carbocycles. The third-order valence-corrected chi connectivity index (χ3v) is 5.82. The number of nitrogens with zero attached hydrogens (tertiary/aromatic N) is 2. The Morgan fingerprint density at radius 2 is 1.94 bits per heavy atom. The Morgan fingerprint density at radius 1 is 1.21 bits per heavy atom. The van der Waals surface area contributed by atoms with Crippen LogP contribution in [0.4, 0.5) is 0 Å². The van der Waals surface area contributed by atoms with E-state index in [4.69, 9.17) is 4.74 Å². The molecule has 1 aliphatic heterocycles. The number of benzene rings is 2. The summed E-state index contributed by atoms with van der Waals surface area (Å²) in [6.07, 6.45) is 0.325. The van der Waals surface area contributed by atoms with E-state index in [0.717, 1.165) is 30.6 Å². The first-order valence-corrected chi connectivity index (χ1v) is 11.0. The van der Waals surface area contributed by atoms with Crippen molar-refractivity contribution < 1.29 is 14.6 Å². The number of rotatable bonds is 6. The van der Waals surface area contributed by atoms with Crippen LogP contribution in [0.25, 0.3) is 22.5 Å². The van der Waals surface area contributed by atoms with Gasteiger partial charge in [-0.3, -0.25) is 4.79 Å². The predicted octanol–water partition coefficient (Wildman–Crippen LogP) is 2.71. The normalized spacial score (nSPS) is 17.0. The smallest absolute Gasteiger partial charge is 0.345 e. The van der Waals surface area contributed by atoms with Gasteiger partial charge in [0, 0.05) is 18.2 Å². The van der Waals surface area contributed by atoms with Crippen LogP contribution in [0.1, 0.15) is 18.9 Å². The first kappa shape index (κ1) is 22.5. The first-order valence-electron chi connectivity index (χ1n) is 11.0. The average molecular weight is 449 g/mol. The molecule has 0 aliphatic carbocycles. The second-order valence-corrected chi connectivity index (χ2v) is 8.53. The van der Waals surface area contributed by atoms with Gasteiger partial charge in [-0.1, -0.05) is 0 Å². The van der Waals surface area contributed by atoms with Gasteiger partial charge in [0.05, 0.1) is 11.4 Å². The van der Waals surface area contributed by atoms with Crippen molar-refractivity contribution in [1.29, 1.82) is 0 Å². The number of ether oxygens (including phenoxy) is 1. The molecule has 2 unspecified atom stereocenters. The fourth-order valence-corrected chi connectivity index (χ4v) is 3.92. The molecule has 3 aromatic rings. The Bertz CT molecular complexity index is 1210. The number of phenols is 1. The minimum absolute atomic E-state index is 0.133. The van der Waals surface area contributed by atoms with Crippen molar-refractivity contribution >= 4 is 5.91 Å². The number of nitrogens with one attached hydrogen (secondary N) is 2. The van der Waals surface area contributed by atoms with Crippen molar-refractivity contribution in [1.82, 2.24) is 20.2 Å². The van der Waals surface area contributed by atoms with Crippen LogP contribution in [-0.4, -0.2) is 58.2 Å². The van der Waals surface area contributed by atoms with Crippen LogP contribution in [0, 0.1) is 6.92 Å². The number of hydrogen-bond donors (Lipinski definition) is 3.